The Kier molecular flexibility index (Phi) is 5.25. The number of benzene rings is 1. The van der Waals surface area contributed by atoms with Gasteiger partial charge in [-0.1, -0.05) is 23.7 Å². The van der Waals surface area contributed by atoms with E-state index in [4.69, 9.17) is 16.3 Å². The van der Waals surface area contributed by atoms with Crippen LogP contribution in [-0.4, -0.2) is 40.9 Å². The number of fused-ring (bicyclic) bond motifs is 1. The zero-order valence-corrected chi connectivity index (χ0v) is 14.4. The minimum Gasteiger partial charge on any atom is -0.492 e. The molecule has 1 atom stereocenters. The van der Waals surface area contributed by atoms with Gasteiger partial charge in [-0.05, 0) is 25.0 Å². The molecule has 24 heavy (non-hydrogen) atoms. The molecule has 1 aliphatic heterocycles. The number of urea groups is 1. The Hall–Kier alpha value is -2.21. The number of carbonyl (C=O) groups is 1. The van der Waals surface area contributed by atoms with Gasteiger partial charge in [-0.2, -0.15) is 5.10 Å². The van der Waals surface area contributed by atoms with Gasteiger partial charge in [0.15, 0.2) is 0 Å². The number of nitrogens with zero attached hydrogens (tertiary/aromatic N) is 3. The first-order chi connectivity index (χ1) is 11.6. The third kappa shape index (κ3) is 3.82. The summed E-state index contributed by atoms with van der Waals surface area (Å²) in [5.74, 6) is 0.682. The van der Waals surface area contributed by atoms with Crippen molar-refractivity contribution in [3.63, 3.8) is 0 Å². The summed E-state index contributed by atoms with van der Waals surface area (Å²) in [5, 5.41) is 7.82. The third-order valence-corrected chi connectivity index (χ3v) is 4.42. The lowest BCUT2D eigenvalue weighted by Gasteiger charge is -2.23. The van der Waals surface area contributed by atoms with E-state index in [1.54, 1.807) is 28.9 Å². The highest BCUT2D eigenvalue weighted by molar-refractivity contribution is 6.32. The number of aromatic nitrogens is 2. The number of hydrogen-bond donors (Lipinski definition) is 1. The van der Waals surface area contributed by atoms with E-state index in [2.05, 4.69) is 10.4 Å². The maximum absolute atomic E-state index is 12.5. The molecular formula is C17H21ClN4O2. The molecule has 0 radical (unpaired) electrons. The number of likely N-dealkylation sites (N-methyl/N-ethyl adjacent to an activating group) is 1. The topological polar surface area (TPSA) is 59.4 Å². The predicted molar refractivity (Wildman–Crippen MR) is 92.3 cm³/mol. The molecule has 1 unspecified atom stereocenters. The monoisotopic (exact) mass is 348 g/mol. The van der Waals surface area contributed by atoms with E-state index in [1.807, 2.05) is 24.4 Å². The van der Waals surface area contributed by atoms with Gasteiger partial charge in [0, 0.05) is 31.5 Å². The van der Waals surface area contributed by atoms with E-state index >= 15 is 0 Å². The number of para-hydroxylation sites is 1. The van der Waals surface area contributed by atoms with E-state index in [-0.39, 0.29) is 12.1 Å². The van der Waals surface area contributed by atoms with E-state index in [1.165, 1.54) is 0 Å². The van der Waals surface area contributed by atoms with Crippen molar-refractivity contribution in [2.24, 2.45) is 0 Å². The summed E-state index contributed by atoms with van der Waals surface area (Å²) in [7, 11) is 1.78. The zero-order valence-electron chi connectivity index (χ0n) is 13.6. The Bertz CT molecular complexity index is 690. The molecule has 6 nitrogen and oxygen atoms in total. The van der Waals surface area contributed by atoms with Gasteiger partial charge in [0.25, 0.3) is 0 Å². The molecule has 0 bridgehead atoms. The zero-order chi connectivity index (χ0) is 16.9. The Morgan fingerprint density at radius 2 is 2.38 bits per heavy atom. The first-order valence-electron chi connectivity index (χ1n) is 8.05. The Morgan fingerprint density at radius 3 is 3.17 bits per heavy atom. The number of halogens is 1. The number of hydrogen-bond acceptors (Lipinski definition) is 3. The Morgan fingerprint density at radius 1 is 1.50 bits per heavy atom. The number of rotatable bonds is 4. The highest BCUT2D eigenvalue weighted by Crippen LogP contribution is 2.36. The smallest absolute Gasteiger partial charge is 0.317 e. The van der Waals surface area contributed by atoms with Crippen LogP contribution in [0.25, 0.3) is 0 Å². The second kappa shape index (κ2) is 7.57. The van der Waals surface area contributed by atoms with Gasteiger partial charge in [-0.3, -0.25) is 4.68 Å². The fourth-order valence-electron chi connectivity index (χ4n) is 2.77. The highest BCUT2D eigenvalue weighted by atomic mass is 35.5. The minimum absolute atomic E-state index is 0.0964. The molecule has 0 fully saturated rings. The molecule has 0 saturated carbocycles. The molecule has 2 amide bonds. The second-order valence-electron chi connectivity index (χ2n) is 5.84. The predicted octanol–water partition coefficient (Wildman–Crippen LogP) is 3.09. The van der Waals surface area contributed by atoms with Gasteiger partial charge >= 0.3 is 6.03 Å². The van der Waals surface area contributed by atoms with Gasteiger partial charge in [0.05, 0.1) is 24.2 Å². The highest BCUT2D eigenvalue weighted by Gasteiger charge is 2.24. The number of carbonyl (C=O) groups excluding carboxylic acids is 1. The van der Waals surface area contributed by atoms with Crippen molar-refractivity contribution in [1.29, 1.82) is 0 Å². The van der Waals surface area contributed by atoms with Gasteiger partial charge in [-0.25, -0.2) is 4.79 Å². The molecule has 128 valence electrons. The summed E-state index contributed by atoms with van der Waals surface area (Å²) < 4.78 is 7.54. The van der Waals surface area contributed by atoms with Crippen molar-refractivity contribution in [1.82, 2.24) is 20.0 Å². The molecule has 0 spiro atoms. The maximum atomic E-state index is 12.5. The molecule has 1 N–H and O–H groups in total. The summed E-state index contributed by atoms with van der Waals surface area (Å²) in [4.78, 5) is 14.2. The quantitative estimate of drug-likeness (QED) is 0.923. The molecule has 1 aromatic heterocycles. The largest absolute Gasteiger partial charge is 0.492 e. The molecule has 1 aromatic carbocycles. The van der Waals surface area contributed by atoms with Crippen molar-refractivity contribution in [2.45, 2.75) is 25.4 Å². The number of amides is 2. The van der Waals surface area contributed by atoms with Gasteiger partial charge in [-0.15, -0.1) is 0 Å². The lowest BCUT2D eigenvalue weighted by molar-refractivity contribution is 0.201. The fourth-order valence-corrected chi connectivity index (χ4v) is 3.00. The third-order valence-electron chi connectivity index (χ3n) is 4.12. The first-order valence-corrected chi connectivity index (χ1v) is 8.43. The van der Waals surface area contributed by atoms with Crippen molar-refractivity contribution in [2.75, 3.05) is 20.2 Å². The summed E-state index contributed by atoms with van der Waals surface area (Å²) >= 11 is 6.23. The summed E-state index contributed by atoms with van der Waals surface area (Å²) in [6, 6.07) is 7.31. The average Bonchev–Trinajstić information content (AvgIpc) is 3.01. The van der Waals surface area contributed by atoms with E-state index in [9.17, 15) is 4.79 Å². The lowest BCUT2D eigenvalue weighted by Crippen LogP contribution is -2.40. The van der Waals surface area contributed by atoms with E-state index in [0.717, 1.165) is 18.4 Å². The summed E-state index contributed by atoms with van der Waals surface area (Å²) in [6.45, 7) is 1.85. The summed E-state index contributed by atoms with van der Waals surface area (Å²) in [6.07, 6.45) is 5.30. The molecule has 7 heteroatoms. The van der Waals surface area contributed by atoms with Crippen LogP contribution in [0.4, 0.5) is 4.79 Å². The van der Waals surface area contributed by atoms with Crippen LogP contribution in [0.15, 0.2) is 36.7 Å². The molecular weight excluding hydrogens is 328 g/mol. The molecule has 1 aliphatic rings. The van der Waals surface area contributed by atoms with Gasteiger partial charge in [0.1, 0.15) is 5.75 Å². The van der Waals surface area contributed by atoms with E-state index < -0.39 is 0 Å². The van der Waals surface area contributed by atoms with Crippen LogP contribution in [0, 0.1) is 0 Å². The van der Waals surface area contributed by atoms with Crippen molar-refractivity contribution < 1.29 is 9.53 Å². The number of nitrogens with one attached hydrogen (secondary N) is 1. The lowest BCUT2D eigenvalue weighted by atomic mass is 10.0. The molecule has 0 saturated heterocycles. The molecule has 3 rings (SSSR count). The average molecular weight is 349 g/mol. The second-order valence-corrected chi connectivity index (χ2v) is 6.25. The standard InChI is InChI=1S/C17H21ClN4O2/c1-21(10-11-22-9-4-8-19-22)17(23)20-15-7-3-12-24-16-13(15)5-2-6-14(16)18/h2,4-6,8-9,15H,3,7,10-12H2,1H3,(H,20,23). The fraction of sp³-hybridized carbons (Fsp3) is 0.412. The maximum Gasteiger partial charge on any atom is 0.317 e. The van der Waals surface area contributed by atoms with Crippen LogP contribution in [0.2, 0.25) is 5.02 Å². The van der Waals surface area contributed by atoms with Crippen LogP contribution in [0.1, 0.15) is 24.4 Å². The van der Waals surface area contributed by atoms with Gasteiger partial charge < -0.3 is 15.0 Å². The summed E-state index contributed by atoms with van der Waals surface area (Å²) in [5.41, 5.74) is 0.939. The molecule has 0 aliphatic carbocycles. The van der Waals surface area contributed by atoms with Crippen LogP contribution in [-0.2, 0) is 6.54 Å². The van der Waals surface area contributed by atoms with E-state index in [0.29, 0.717) is 30.5 Å². The number of ether oxygens (including phenoxy) is 1. The minimum atomic E-state index is -0.111. The first kappa shape index (κ1) is 16.6. The van der Waals surface area contributed by atoms with Crippen LogP contribution >= 0.6 is 11.6 Å². The van der Waals surface area contributed by atoms with Gasteiger partial charge in [0.2, 0.25) is 0 Å². The van der Waals surface area contributed by atoms with Crippen molar-refractivity contribution in [3.8, 4) is 5.75 Å². The Labute approximate surface area is 146 Å². The van der Waals surface area contributed by atoms with Crippen molar-refractivity contribution in [3.05, 3.63) is 47.2 Å². The van der Waals surface area contributed by atoms with Crippen molar-refractivity contribution >= 4 is 17.6 Å². The van der Waals surface area contributed by atoms with Crippen LogP contribution < -0.4 is 10.1 Å². The normalized spacial score (nSPS) is 16.7. The van der Waals surface area contributed by atoms with Crippen LogP contribution in [0.5, 0.6) is 5.75 Å². The molecule has 2 aromatic rings. The Balaban J connectivity index is 1.64. The SMILES string of the molecule is CN(CCn1cccn1)C(=O)NC1CCCOc2c(Cl)cccc21. The van der Waals surface area contributed by atoms with Crippen LogP contribution in [0.3, 0.4) is 0 Å². The molecule has 2 heterocycles.